The SMILES string of the molecule is C[C@H]1CN(C(=O)OC(C)(C)C)CCN1C1=NC(=O)C(=Cc2ccc(F)cc2O)S1. The molecule has 1 atom stereocenters. The Morgan fingerprint density at radius 3 is 2.72 bits per heavy atom. The van der Waals surface area contributed by atoms with E-state index in [9.17, 15) is 19.1 Å². The minimum absolute atomic E-state index is 0.0473. The molecule has 1 aromatic rings. The van der Waals surface area contributed by atoms with E-state index in [1.165, 1.54) is 30.0 Å². The van der Waals surface area contributed by atoms with Gasteiger partial charge in [-0.1, -0.05) is 0 Å². The first kappa shape index (κ1) is 21.2. The number of carbonyl (C=O) groups is 2. The van der Waals surface area contributed by atoms with Crippen LogP contribution in [0.5, 0.6) is 5.75 Å². The normalized spacial score (nSPS) is 21.6. The highest BCUT2D eigenvalue weighted by molar-refractivity contribution is 8.18. The number of piperazine rings is 1. The van der Waals surface area contributed by atoms with Crippen LogP contribution < -0.4 is 0 Å². The molecule has 1 fully saturated rings. The summed E-state index contributed by atoms with van der Waals surface area (Å²) in [4.78, 5) is 32.7. The molecule has 7 nitrogen and oxygen atoms in total. The molecule has 0 bridgehead atoms. The molecular weight excluding hydrogens is 397 g/mol. The van der Waals surface area contributed by atoms with Crippen molar-refractivity contribution in [2.24, 2.45) is 4.99 Å². The largest absolute Gasteiger partial charge is 0.507 e. The summed E-state index contributed by atoms with van der Waals surface area (Å²) in [5, 5.41) is 10.4. The summed E-state index contributed by atoms with van der Waals surface area (Å²) in [5.41, 5.74) is -0.206. The second-order valence-corrected chi connectivity index (χ2v) is 8.99. The summed E-state index contributed by atoms with van der Waals surface area (Å²) in [6, 6.07) is 3.58. The molecule has 2 amide bonds. The molecule has 0 aliphatic carbocycles. The fraction of sp³-hybridized carbons (Fsp3) is 0.450. The van der Waals surface area contributed by atoms with Gasteiger partial charge in [-0.2, -0.15) is 4.99 Å². The number of aliphatic imine (C=N–C) groups is 1. The van der Waals surface area contributed by atoms with Crippen molar-refractivity contribution < 1.29 is 23.8 Å². The van der Waals surface area contributed by atoms with Gasteiger partial charge in [0.05, 0.1) is 4.91 Å². The van der Waals surface area contributed by atoms with Crippen LogP contribution >= 0.6 is 11.8 Å². The van der Waals surface area contributed by atoms with E-state index in [0.29, 0.717) is 35.3 Å². The van der Waals surface area contributed by atoms with Crippen molar-refractivity contribution in [2.45, 2.75) is 39.3 Å². The number of amides is 2. The van der Waals surface area contributed by atoms with Crippen LogP contribution in [0.4, 0.5) is 9.18 Å². The third-order valence-electron chi connectivity index (χ3n) is 4.41. The van der Waals surface area contributed by atoms with Crippen molar-refractivity contribution in [3.8, 4) is 5.75 Å². The maximum atomic E-state index is 13.1. The molecule has 1 N–H and O–H groups in total. The molecule has 1 aromatic carbocycles. The number of phenols is 1. The lowest BCUT2D eigenvalue weighted by Crippen LogP contribution is -2.55. The molecular formula is C20H24FN3O4S. The number of aromatic hydroxyl groups is 1. The predicted molar refractivity (Wildman–Crippen MR) is 110 cm³/mol. The minimum Gasteiger partial charge on any atom is -0.507 e. The Morgan fingerprint density at radius 2 is 2.10 bits per heavy atom. The van der Waals surface area contributed by atoms with Gasteiger partial charge in [-0.3, -0.25) is 4.79 Å². The van der Waals surface area contributed by atoms with Gasteiger partial charge in [0, 0.05) is 37.3 Å². The molecule has 2 aliphatic rings. The number of ether oxygens (including phenoxy) is 1. The van der Waals surface area contributed by atoms with Crippen molar-refractivity contribution in [1.29, 1.82) is 0 Å². The number of benzene rings is 1. The zero-order chi connectivity index (χ0) is 21.3. The maximum absolute atomic E-state index is 13.1. The minimum atomic E-state index is -0.555. The highest BCUT2D eigenvalue weighted by Crippen LogP contribution is 2.33. The van der Waals surface area contributed by atoms with E-state index >= 15 is 0 Å². The number of amidine groups is 1. The number of thioether (sulfide) groups is 1. The van der Waals surface area contributed by atoms with Crippen LogP contribution in [-0.4, -0.2) is 63.4 Å². The van der Waals surface area contributed by atoms with E-state index in [2.05, 4.69) is 4.99 Å². The van der Waals surface area contributed by atoms with Crippen molar-refractivity contribution in [1.82, 2.24) is 9.80 Å². The number of halogens is 1. The molecule has 0 saturated carbocycles. The van der Waals surface area contributed by atoms with Crippen LogP contribution in [0, 0.1) is 5.82 Å². The molecule has 29 heavy (non-hydrogen) atoms. The first-order valence-corrected chi connectivity index (χ1v) is 10.1. The van der Waals surface area contributed by atoms with E-state index in [-0.39, 0.29) is 17.9 Å². The van der Waals surface area contributed by atoms with Gasteiger partial charge in [0.25, 0.3) is 5.91 Å². The Balaban J connectivity index is 1.67. The molecule has 9 heteroatoms. The number of carbonyl (C=O) groups excluding carboxylic acids is 2. The number of hydrogen-bond acceptors (Lipinski definition) is 6. The van der Waals surface area contributed by atoms with Gasteiger partial charge in [0.2, 0.25) is 0 Å². The summed E-state index contributed by atoms with van der Waals surface area (Å²) >= 11 is 1.20. The number of hydrogen-bond donors (Lipinski definition) is 1. The number of nitrogens with zero attached hydrogens (tertiary/aromatic N) is 3. The van der Waals surface area contributed by atoms with Crippen LogP contribution in [0.15, 0.2) is 28.1 Å². The molecule has 1 saturated heterocycles. The van der Waals surface area contributed by atoms with E-state index in [4.69, 9.17) is 4.74 Å². The van der Waals surface area contributed by atoms with Crippen molar-refractivity contribution in [3.05, 3.63) is 34.5 Å². The zero-order valence-electron chi connectivity index (χ0n) is 16.8. The lowest BCUT2D eigenvalue weighted by molar-refractivity contribution is -0.113. The first-order valence-electron chi connectivity index (χ1n) is 9.29. The lowest BCUT2D eigenvalue weighted by Gasteiger charge is -2.40. The summed E-state index contributed by atoms with van der Waals surface area (Å²) in [6.07, 6.45) is 1.15. The van der Waals surface area contributed by atoms with Gasteiger partial charge in [-0.25, -0.2) is 9.18 Å². The average molecular weight is 421 g/mol. The second kappa shape index (κ2) is 8.06. The number of phenolic OH excluding ortho intramolecular Hbond substituents is 1. The van der Waals surface area contributed by atoms with Crippen LogP contribution in [0.1, 0.15) is 33.3 Å². The highest BCUT2D eigenvalue weighted by Gasteiger charge is 2.34. The summed E-state index contributed by atoms with van der Waals surface area (Å²) in [5.74, 6) is -1.20. The Morgan fingerprint density at radius 1 is 1.38 bits per heavy atom. The first-order chi connectivity index (χ1) is 13.5. The van der Waals surface area contributed by atoms with Crippen molar-refractivity contribution in [2.75, 3.05) is 19.6 Å². The zero-order valence-corrected chi connectivity index (χ0v) is 17.6. The molecule has 0 radical (unpaired) electrons. The van der Waals surface area contributed by atoms with Gasteiger partial charge in [0.1, 0.15) is 17.2 Å². The van der Waals surface area contributed by atoms with E-state index in [1.807, 2.05) is 32.6 Å². The molecule has 0 unspecified atom stereocenters. The summed E-state index contributed by atoms with van der Waals surface area (Å²) < 4.78 is 18.6. The third kappa shape index (κ3) is 5.09. The van der Waals surface area contributed by atoms with Crippen LogP contribution in [0.3, 0.4) is 0 Å². The third-order valence-corrected chi connectivity index (χ3v) is 5.43. The van der Waals surface area contributed by atoms with Gasteiger partial charge < -0.3 is 19.6 Å². The Bertz CT molecular complexity index is 894. The van der Waals surface area contributed by atoms with Crippen molar-refractivity contribution in [3.63, 3.8) is 0 Å². The molecule has 2 heterocycles. The predicted octanol–water partition coefficient (Wildman–Crippen LogP) is 3.44. The second-order valence-electron chi connectivity index (χ2n) is 7.98. The summed E-state index contributed by atoms with van der Waals surface area (Å²) in [7, 11) is 0. The lowest BCUT2D eigenvalue weighted by atomic mass is 10.2. The fourth-order valence-electron chi connectivity index (χ4n) is 3.04. The molecule has 2 aliphatic heterocycles. The topological polar surface area (TPSA) is 82.4 Å². The van der Waals surface area contributed by atoms with Crippen molar-refractivity contribution >= 4 is 35.0 Å². The van der Waals surface area contributed by atoms with E-state index in [1.54, 1.807) is 4.90 Å². The molecule has 0 spiro atoms. The fourth-order valence-corrected chi connectivity index (χ4v) is 4.07. The van der Waals surface area contributed by atoms with E-state index < -0.39 is 17.3 Å². The monoisotopic (exact) mass is 421 g/mol. The smallest absolute Gasteiger partial charge is 0.410 e. The average Bonchev–Trinajstić information content (AvgIpc) is 2.96. The van der Waals surface area contributed by atoms with Gasteiger partial charge >= 0.3 is 6.09 Å². The Kier molecular flexibility index (Phi) is 5.88. The van der Waals surface area contributed by atoms with Crippen LogP contribution in [0.25, 0.3) is 6.08 Å². The van der Waals surface area contributed by atoms with Gasteiger partial charge in [0.15, 0.2) is 5.17 Å². The Labute approximate surface area is 173 Å². The summed E-state index contributed by atoms with van der Waals surface area (Å²) in [6.45, 7) is 8.88. The van der Waals surface area contributed by atoms with Crippen LogP contribution in [-0.2, 0) is 9.53 Å². The van der Waals surface area contributed by atoms with E-state index in [0.717, 1.165) is 6.07 Å². The maximum Gasteiger partial charge on any atom is 0.410 e. The Hall–Kier alpha value is -2.55. The standard InChI is InChI=1S/C20H24FN3O4S/c1-12-11-23(19(27)28-20(2,3)4)7-8-24(12)18-22-17(26)16(29-18)9-13-5-6-14(21)10-15(13)25/h5-6,9-10,12,25H,7-8,11H2,1-4H3/t12-/m0/s1. The highest BCUT2D eigenvalue weighted by atomic mass is 32.2. The van der Waals surface area contributed by atoms with Crippen LogP contribution in [0.2, 0.25) is 0 Å². The van der Waals surface area contributed by atoms with Gasteiger partial charge in [-0.15, -0.1) is 0 Å². The molecule has 156 valence electrons. The quantitative estimate of drug-likeness (QED) is 0.700. The molecule has 3 rings (SSSR count). The number of rotatable bonds is 1. The molecule has 0 aromatic heterocycles. The van der Waals surface area contributed by atoms with Gasteiger partial charge in [-0.05, 0) is 57.7 Å².